The van der Waals surface area contributed by atoms with E-state index in [2.05, 4.69) is 10.6 Å². The lowest BCUT2D eigenvalue weighted by atomic mass is 9.88. The van der Waals surface area contributed by atoms with Crippen molar-refractivity contribution in [2.75, 3.05) is 10.6 Å². The molecule has 2 aliphatic rings. The molecule has 1 heterocycles. The number of rotatable bonds is 4. The van der Waals surface area contributed by atoms with Gasteiger partial charge in [-0.2, -0.15) is 0 Å². The highest BCUT2D eigenvalue weighted by atomic mass is 16.3. The van der Waals surface area contributed by atoms with Gasteiger partial charge in [-0.1, -0.05) is 6.42 Å². The summed E-state index contributed by atoms with van der Waals surface area (Å²) in [7, 11) is 0. The molecule has 4 rings (SSSR count). The van der Waals surface area contributed by atoms with Crippen LogP contribution in [0.5, 0.6) is 0 Å². The van der Waals surface area contributed by atoms with Gasteiger partial charge in [0.25, 0.3) is 5.91 Å². The van der Waals surface area contributed by atoms with Crippen LogP contribution < -0.4 is 10.6 Å². The first-order valence-corrected chi connectivity index (χ1v) is 8.45. The summed E-state index contributed by atoms with van der Waals surface area (Å²) in [6.45, 7) is 0. The van der Waals surface area contributed by atoms with Crippen molar-refractivity contribution in [3.63, 3.8) is 0 Å². The molecule has 2 fully saturated rings. The third-order valence-electron chi connectivity index (χ3n) is 5.23. The molecule has 3 atom stereocenters. The Morgan fingerprint density at radius 3 is 2.29 bits per heavy atom. The van der Waals surface area contributed by atoms with Gasteiger partial charge < -0.3 is 15.1 Å². The minimum atomic E-state index is -0.293. The molecular formula is C19H20N2O3. The van der Waals surface area contributed by atoms with E-state index in [1.807, 2.05) is 12.1 Å². The van der Waals surface area contributed by atoms with Crippen LogP contribution in [0.3, 0.4) is 0 Å². The van der Waals surface area contributed by atoms with Gasteiger partial charge >= 0.3 is 0 Å². The molecule has 2 amide bonds. The van der Waals surface area contributed by atoms with E-state index in [1.165, 1.54) is 25.5 Å². The number of amides is 2. The molecule has 124 valence electrons. The summed E-state index contributed by atoms with van der Waals surface area (Å²) >= 11 is 0. The van der Waals surface area contributed by atoms with Crippen molar-refractivity contribution in [3.8, 4) is 0 Å². The van der Waals surface area contributed by atoms with E-state index < -0.39 is 0 Å². The summed E-state index contributed by atoms with van der Waals surface area (Å²) < 4.78 is 5.06. The molecule has 2 aromatic rings. The number of hydrogen-bond acceptors (Lipinski definition) is 3. The van der Waals surface area contributed by atoms with Crippen LogP contribution in [0.2, 0.25) is 0 Å². The molecule has 5 nitrogen and oxygen atoms in total. The van der Waals surface area contributed by atoms with Crippen molar-refractivity contribution < 1.29 is 14.0 Å². The summed E-state index contributed by atoms with van der Waals surface area (Å²) in [4.78, 5) is 24.3. The lowest BCUT2D eigenvalue weighted by Gasteiger charge is -2.20. The Bertz CT molecular complexity index is 736. The summed E-state index contributed by atoms with van der Waals surface area (Å²) in [5.41, 5.74) is 1.42. The van der Waals surface area contributed by atoms with Crippen LogP contribution >= 0.6 is 0 Å². The maximum Gasteiger partial charge on any atom is 0.291 e. The quantitative estimate of drug-likeness (QED) is 0.896. The topological polar surface area (TPSA) is 71.3 Å². The summed E-state index contributed by atoms with van der Waals surface area (Å²) in [6, 6.07) is 10.4. The van der Waals surface area contributed by atoms with E-state index in [1.54, 1.807) is 24.3 Å². The van der Waals surface area contributed by atoms with Crippen LogP contribution in [0.1, 0.15) is 36.2 Å². The molecule has 0 saturated heterocycles. The van der Waals surface area contributed by atoms with E-state index in [0.717, 1.165) is 18.0 Å². The highest BCUT2D eigenvalue weighted by Crippen LogP contribution is 2.48. The van der Waals surface area contributed by atoms with Gasteiger partial charge in [0.1, 0.15) is 0 Å². The second-order valence-corrected chi connectivity index (χ2v) is 6.78. The monoisotopic (exact) mass is 324 g/mol. The summed E-state index contributed by atoms with van der Waals surface area (Å²) in [6.07, 6.45) is 6.20. The Labute approximate surface area is 140 Å². The van der Waals surface area contributed by atoms with E-state index in [4.69, 9.17) is 4.42 Å². The average Bonchev–Trinajstić information content (AvgIpc) is 3.34. The highest BCUT2D eigenvalue weighted by molar-refractivity contribution is 6.02. The van der Waals surface area contributed by atoms with Crippen LogP contribution in [0.4, 0.5) is 11.4 Å². The maximum atomic E-state index is 12.4. The van der Waals surface area contributed by atoms with E-state index in [9.17, 15) is 9.59 Å². The third kappa shape index (κ3) is 2.94. The normalized spacial score (nSPS) is 24.8. The molecule has 2 bridgehead atoms. The van der Waals surface area contributed by atoms with Gasteiger partial charge in [-0.15, -0.1) is 0 Å². The van der Waals surface area contributed by atoms with Crippen LogP contribution in [0.15, 0.2) is 47.1 Å². The molecule has 0 aliphatic heterocycles. The van der Waals surface area contributed by atoms with Crippen LogP contribution in [0, 0.1) is 17.8 Å². The van der Waals surface area contributed by atoms with Crippen molar-refractivity contribution in [3.05, 3.63) is 48.4 Å². The molecule has 2 aliphatic carbocycles. The average molecular weight is 324 g/mol. The Morgan fingerprint density at radius 2 is 1.71 bits per heavy atom. The van der Waals surface area contributed by atoms with Crippen LogP contribution in [-0.2, 0) is 4.79 Å². The Morgan fingerprint density at radius 1 is 0.958 bits per heavy atom. The first-order chi connectivity index (χ1) is 11.7. The van der Waals surface area contributed by atoms with Crippen molar-refractivity contribution >= 4 is 23.2 Å². The van der Waals surface area contributed by atoms with Gasteiger partial charge in [0.15, 0.2) is 5.76 Å². The fraction of sp³-hybridized carbons (Fsp3) is 0.368. The zero-order valence-electron chi connectivity index (χ0n) is 13.3. The molecule has 5 heteroatoms. The number of benzene rings is 1. The third-order valence-corrected chi connectivity index (χ3v) is 5.23. The Kier molecular flexibility index (Phi) is 3.84. The molecule has 1 aromatic carbocycles. The zero-order chi connectivity index (χ0) is 16.5. The second kappa shape index (κ2) is 6.15. The van der Waals surface area contributed by atoms with Crippen molar-refractivity contribution in [1.29, 1.82) is 0 Å². The Balaban J connectivity index is 1.35. The number of hydrogen-bond donors (Lipinski definition) is 2. The number of nitrogens with one attached hydrogen (secondary N) is 2. The van der Waals surface area contributed by atoms with E-state index in [-0.39, 0.29) is 23.5 Å². The van der Waals surface area contributed by atoms with Crippen molar-refractivity contribution in [2.45, 2.75) is 25.7 Å². The minimum absolute atomic E-state index is 0.134. The standard InChI is InChI=1S/C19H20N2O3/c22-18(16-11-12-3-4-13(16)10-12)20-14-5-7-15(8-6-14)21-19(23)17-2-1-9-24-17/h1-2,5-9,12-13,16H,3-4,10-11H2,(H,20,22)(H,21,23). The van der Waals surface area contributed by atoms with Gasteiger partial charge in [-0.05, 0) is 67.5 Å². The number of carbonyl (C=O) groups excluding carboxylic acids is 2. The summed E-state index contributed by atoms with van der Waals surface area (Å²) in [5, 5.41) is 5.76. The Hall–Kier alpha value is -2.56. The molecule has 1 aromatic heterocycles. The number of furan rings is 1. The largest absolute Gasteiger partial charge is 0.459 e. The predicted octanol–water partition coefficient (Wildman–Crippen LogP) is 3.91. The van der Waals surface area contributed by atoms with Gasteiger partial charge in [0, 0.05) is 17.3 Å². The smallest absolute Gasteiger partial charge is 0.291 e. The van der Waals surface area contributed by atoms with Gasteiger partial charge in [0.2, 0.25) is 5.91 Å². The van der Waals surface area contributed by atoms with E-state index in [0.29, 0.717) is 11.6 Å². The van der Waals surface area contributed by atoms with Crippen LogP contribution in [0.25, 0.3) is 0 Å². The molecule has 2 N–H and O–H groups in total. The predicted molar refractivity (Wildman–Crippen MR) is 90.7 cm³/mol. The first kappa shape index (κ1) is 15.0. The maximum absolute atomic E-state index is 12.4. The molecule has 0 spiro atoms. The lowest BCUT2D eigenvalue weighted by Crippen LogP contribution is -2.27. The second-order valence-electron chi connectivity index (χ2n) is 6.78. The summed E-state index contributed by atoms with van der Waals surface area (Å²) in [5.74, 6) is 1.60. The van der Waals surface area contributed by atoms with Gasteiger partial charge in [-0.25, -0.2) is 0 Å². The molecule has 3 unspecified atom stereocenters. The lowest BCUT2D eigenvalue weighted by molar-refractivity contribution is -0.121. The fourth-order valence-electron chi connectivity index (χ4n) is 4.04. The first-order valence-electron chi connectivity index (χ1n) is 8.45. The van der Waals surface area contributed by atoms with Crippen molar-refractivity contribution in [2.24, 2.45) is 17.8 Å². The number of anilines is 2. The molecular weight excluding hydrogens is 304 g/mol. The highest BCUT2D eigenvalue weighted by Gasteiger charge is 2.42. The minimum Gasteiger partial charge on any atom is -0.459 e. The fourth-order valence-corrected chi connectivity index (χ4v) is 4.04. The van der Waals surface area contributed by atoms with Gasteiger partial charge in [0.05, 0.1) is 6.26 Å². The number of fused-ring (bicyclic) bond motifs is 2. The molecule has 2 saturated carbocycles. The van der Waals surface area contributed by atoms with E-state index >= 15 is 0 Å². The number of carbonyl (C=O) groups is 2. The van der Waals surface area contributed by atoms with Crippen molar-refractivity contribution in [1.82, 2.24) is 0 Å². The van der Waals surface area contributed by atoms with Crippen LogP contribution in [-0.4, -0.2) is 11.8 Å². The molecule has 24 heavy (non-hydrogen) atoms. The SMILES string of the molecule is O=C(Nc1ccc(NC(=O)C2CC3CCC2C3)cc1)c1ccco1. The van der Waals surface area contributed by atoms with Gasteiger partial charge in [-0.3, -0.25) is 9.59 Å². The zero-order valence-corrected chi connectivity index (χ0v) is 13.3. The molecule has 0 radical (unpaired) electrons.